The van der Waals surface area contributed by atoms with Crippen LogP contribution in [0.5, 0.6) is 0 Å². The standard InChI is InChI=1S/C54H47N/c1-36-19-21-38-11-3-7-15-48(38)53(36)41-25-31-45(32-26-41)55(46-33-27-42(28-34-46)54-37(2)20-22-39-12-4-8-16-49(39)54)44-29-23-40(24-30-44)52-35-43-13-5-6-14-47(43)50-17-9-10-18-51(50)52/h5-6,9-10,13-14,17-35H,3-4,7-8,11-12,15-16H2,1-2H3. The van der Waals surface area contributed by atoms with Gasteiger partial charge in [-0.1, -0.05) is 109 Å². The monoisotopic (exact) mass is 709 g/mol. The zero-order valence-corrected chi connectivity index (χ0v) is 32.0. The Labute approximate surface area is 325 Å². The summed E-state index contributed by atoms with van der Waals surface area (Å²) in [5, 5.41) is 5.15. The summed E-state index contributed by atoms with van der Waals surface area (Å²) in [7, 11) is 0. The fraction of sp³-hybridized carbons (Fsp3) is 0.185. The molecule has 55 heavy (non-hydrogen) atoms. The molecule has 268 valence electrons. The van der Waals surface area contributed by atoms with Crippen LogP contribution in [0.15, 0.2) is 152 Å². The second-order valence-corrected chi connectivity index (χ2v) is 15.9. The van der Waals surface area contributed by atoms with Crippen molar-refractivity contribution in [1.29, 1.82) is 0 Å². The number of hydrogen-bond donors (Lipinski definition) is 0. The van der Waals surface area contributed by atoms with Crippen LogP contribution in [0.3, 0.4) is 0 Å². The van der Waals surface area contributed by atoms with Gasteiger partial charge in [-0.25, -0.2) is 0 Å². The van der Waals surface area contributed by atoms with Gasteiger partial charge in [-0.15, -0.1) is 0 Å². The molecule has 2 aliphatic rings. The third-order valence-electron chi connectivity index (χ3n) is 12.5. The molecular weight excluding hydrogens is 663 g/mol. The third-order valence-corrected chi connectivity index (χ3v) is 12.5. The fourth-order valence-electron chi connectivity index (χ4n) is 9.78. The zero-order valence-electron chi connectivity index (χ0n) is 32.0. The van der Waals surface area contributed by atoms with Gasteiger partial charge in [0.15, 0.2) is 0 Å². The van der Waals surface area contributed by atoms with E-state index in [1.165, 1.54) is 129 Å². The van der Waals surface area contributed by atoms with Crippen molar-refractivity contribution in [2.45, 2.75) is 65.2 Å². The maximum atomic E-state index is 2.43. The predicted molar refractivity (Wildman–Crippen MR) is 235 cm³/mol. The van der Waals surface area contributed by atoms with E-state index in [4.69, 9.17) is 0 Å². The van der Waals surface area contributed by atoms with E-state index in [0.717, 1.165) is 17.1 Å². The molecule has 0 N–H and O–H groups in total. The molecule has 0 amide bonds. The van der Waals surface area contributed by atoms with Crippen molar-refractivity contribution in [3.63, 3.8) is 0 Å². The minimum absolute atomic E-state index is 1.15. The van der Waals surface area contributed by atoms with Gasteiger partial charge >= 0.3 is 0 Å². The van der Waals surface area contributed by atoms with E-state index < -0.39 is 0 Å². The van der Waals surface area contributed by atoms with E-state index in [1.807, 2.05) is 0 Å². The van der Waals surface area contributed by atoms with E-state index in [0.29, 0.717) is 0 Å². The topological polar surface area (TPSA) is 3.24 Å². The van der Waals surface area contributed by atoms with Crippen LogP contribution in [0.4, 0.5) is 17.1 Å². The minimum Gasteiger partial charge on any atom is -0.311 e. The first-order valence-electron chi connectivity index (χ1n) is 20.4. The van der Waals surface area contributed by atoms with E-state index >= 15 is 0 Å². The summed E-state index contributed by atoms with van der Waals surface area (Å²) >= 11 is 0. The molecule has 0 bridgehead atoms. The lowest BCUT2D eigenvalue weighted by Gasteiger charge is -2.27. The summed E-state index contributed by atoms with van der Waals surface area (Å²) in [5.74, 6) is 0. The van der Waals surface area contributed by atoms with Crippen molar-refractivity contribution in [1.82, 2.24) is 0 Å². The molecule has 1 heteroatoms. The average molecular weight is 710 g/mol. The van der Waals surface area contributed by atoms with Gasteiger partial charge in [-0.05, 0) is 196 Å². The van der Waals surface area contributed by atoms with E-state index in [2.05, 4.69) is 170 Å². The van der Waals surface area contributed by atoms with Gasteiger partial charge in [0, 0.05) is 17.1 Å². The molecule has 0 unspecified atom stereocenters. The third kappa shape index (κ3) is 6.03. The van der Waals surface area contributed by atoms with Crippen LogP contribution in [-0.2, 0) is 25.7 Å². The maximum absolute atomic E-state index is 2.43. The molecule has 0 radical (unpaired) electrons. The number of aryl methyl sites for hydroxylation is 4. The first-order valence-corrected chi connectivity index (χ1v) is 20.4. The lowest BCUT2D eigenvalue weighted by atomic mass is 9.83. The largest absolute Gasteiger partial charge is 0.311 e. The van der Waals surface area contributed by atoms with Crippen molar-refractivity contribution in [2.24, 2.45) is 0 Å². The molecule has 0 saturated heterocycles. The van der Waals surface area contributed by atoms with E-state index in [-0.39, 0.29) is 0 Å². The Morgan fingerprint density at radius 1 is 0.382 bits per heavy atom. The Balaban J connectivity index is 1.07. The minimum atomic E-state index is 1.15. The summed E-state index contributed by atoms with van der Waals surface area (Å²) in [6, 6.07) is 57.2. The number of benzene rings is 8. The molecule has 0 saturated carbocycles. The van der Waals surface area contributed by atoms with Crippen LogP contribution in [0.25, 0.3) is 54.9 Å². The lowest BCUT2D eigenvalue weighted by Crippen LogP contribution is -2.10. The van der Waals surface area contributed by atoms with E-state index in [1.54, 1.807) is 11.1 Å². The first-order chi connectivity index (χ1) is 27.1. The van der Waals surface area contributed by atoms with Crippen LogP contribution < -0.4 is 4.90 Å². The highest BCUT2D eigenvalue weighted by molar-refractivity contribution is 6.13. The van der Waals surface area contributed by atoms with Crippen molar-refractivity contribution >= 4 is 38.6 Å². The Morgan fingerprint density at radius 3 is 1.35 bits per heavy atom. The molecule has 0 fully saturated rings. The van der Waals surface area contributed by atoms with Crippen LogP contribution >= 0.6 is 0 Å². The molecule has 2 aliphatic carbocycles. The Kier molecular flexibility index (Phi) is 8.59. The fourth-order valence-corrected chi connectivity index (χ4v) is 9.78. The molecular formula is C54H47N. The smallest absolute Gasteiger partial charge is 0.0462 e. The van der Waals surface area contributed by atoms with Gasteiger partial charge in [-0.3, -0.25) is 0 Å². The van der Waals surface area contributed by atoms with Crippen molar-refractivity contribution < 1.29 is 0 Å². The normalized spacial score (nSPS) is 13.8. The average Bonchev–Trinajstić information content (AvgIpc) is 3.24. The second-order valence-electron chi connectivity index (χ2n) is 15.9. The number of anilines is 3. The number of fused-ring (bicyclic) bond motifs is 5. The number of hydrogen-bond acceptors (Lipinski definition) is 1. The molecule has 0 heterocycles. The molecule has 0 aromatic heterocycles. The van der Waals surface area contributed by atoms with Crippen LogP contribution in [0.1, 0.15) is 59.1 Å². The molecule has 1 nitrogen and oxygen atoms in total. The molecule has 0 aliphatic heterocycles. The highest BCUT2D eigenvalue weighted by Gasteiger charge is 2.20. The van der Waals surface area contributed by atoms with Crippen molar-refractivity contribution in [3.8, 4) is 33.4 Å². The summed E-state index contributed by atoms with van der Waals surface area (Å²) < 4.78 is 0. The van der Waals surface area contributed by atoms with Crippen molar-refractivity contribution in [2.75, 3.05) is 4.90 Å². The highest BCUT2D eigenvalue weighted by Crippen LogP contribution is 2.42. The van der Waals surface area contributed by atoms with Crippen LogP contribution in [-0.4, -0.2) is 0 Å². The zero-order chi connectivity index (χ0) is 36.9. The Morgan fingerprint density at radius 2 is 0.818 bits per heavy atom. The quantitative estimate of drug-likeness (QED) is 0.155. The summed E-state index contributed by atoms with van der Waals surface area (Å²) in [4.78, 5) is 2.43. The van der Waals surface area contributed by atoms with Crippen LogP contribution in [0, 0.1) is 13.8 Å². The van der Waals surface area contributed by atoms with Gasteiger partial charge in [0.1, 0.15) is 0 Å². The van der Waals surface area contributed by atoms with Gasteiger partial charge < -0.3 is 4.90 Å². The predicted octanol–water partition coefficient (Wildman–Crippen LogP) is 14.8. The van der Waals surface area contributed by atoms with Crippen molar-refractivity contribution in [3.05, 3.63) is 185 Å². The Hall–Kier alpha value is -5.92. The van der Waals surface area contributed by atoms with E-state index in [9.17, 15) is 0 Å². The molecule has 10 rings (SSSR count). The SMILES string of the molecule is Cc1ccc2c(c1-c1ccc(N(c3ccc(-c4c(C)ccc5c4CCCC5)cc3)c3ccc(-c4cc5ccccc5c5ccccc45)cc3)cc1)CCCC2. The summed E-state index contributed by atoms with van der Waals surface area (Å²) in [6.45, 7) is 4.55. The van der Waals surface area contributed by atoms with Gasteiger partial charge in [0.25, 0.3) is 0 Å². The maximum Gasteiger partial charge on any atom is 0.0462 e. The van der Waals surface area contributed by atoms with Crippen LogP contribution in [0.2, 0.25) is 0 Å². The second kappa shape index (κ2) is 14.1. The first kappa shape index (κ1) is 33.6. The highest BCUT2D eigenvalue weighted by atomic mass is 15.1. The number of rotatable bonds is 6. The van der Waals surface area contributed by atoms with Gasteiger partial charge in [0.2, 0.25) is 0 Å². The Bertz CT molecular complexity index is 2590. The van der Waals surface area contributed by atoms with Gasteiger partial charge in [-0.2, -0.15) is 0 Å². The number of nitrogens with zero attached hydrogens (tertiary/aromatic N) is 1. The van der Waals surface area contributed by atoms with Gasteiger partial charge in [0.05, 0.1) is 0 Å². The summed E-state index contributed by atoms with van der Waals surface area (Å²) in [6.07, 6.45) is 9.89. The molecule has 8 aromatic carbocycles. The summed E-state index contributed by atoms with van der Waals surface area (Å²) in [5.41, 5.74) is 20.4. The molecule has 0 atom stereocenters. The molecule has 8 aromatic rings. The molecule has 0 spiro atoms. The lowest BCUT2D eigenvalue weighted by molar-refractivity contribution is 0.686.